The summed E-state index contributed by atoms with van der Waals surface area (Å²) in [6, 6.07) is 20.6. The third kappa shape index (κ3) is 7.57. The molecule has 14 nitrogen and oxygen atoms in total. The van der Waals surface area contributed by atoms with Gasteiger partial charge in [-0.15, -0.1) is 0 Å². The lowest BCUT2D eigenvalue weighted by Gasteiger charge is -2.48. The molecule has 2 aliphatic carbocycles. The molecule has 2 saturated heterocycles. The number of nitriles is 1. The molecule has 2 saturated carbocycles. The number of piperazine rings is 1. The number of benzene rings is 2. The first-order valence-corrected chi connectivity index (χ1v) is 20.6. The van der Waals surface area contributed by atoms with E-state index in [1.165, 1.54) is 29.1 Å². The number of nitrogens with zero attached hydrogens (tertiary/aromatic N) is 7. The van der Waals surface area contributed by atoms with Crippen LogP contribution in [-0.4, -0.2) is 96.3 Å². The molecule has 300 valence electrons. The molecule has 3 amide bonds. The van der Waals surface area contributed by atoms with E-state index in [0.717, 1.165) is 68.5 Å². The van der Waals surface area contributed by atoms with Crippen molar-refractivity contribution >= 4 is 45.5 Å². The summed E-state index contributed by atoms with van der Waals surface area (Å²) in [5, 5.41) is 39.2. The average molecular weight is 783 g/mol. The van der Waals surface area contributed by atoms with Crippen molar-refractivity contribution in [2.24, 2.45) is 0 Å². The summed E-state index contributed by atoms with van der Waals surface area (Å²) in [4.78, 5) is 42.5. The number of imide groups is 1. The Morgan fingerprint density at radius 2 is 1.62 bits per heavy atom. The van der Waals surface area contributed by atoms with Gasteiger partial charge in [-0.3, -0.25) is 34.2 Å². The van der Waals surface area contributed by atoms with Gasteiger partial charge < -0.3 is 15.7 Å². The fraction of sp³-hybridized carbons (Fsp3) is 0.455. The molecule has 0 bridgehead atoms. The molecule has 0 spiro atoms. The monoisotopic (exact) mass is 782 g/mol. The SMILES string of the molecule is CC(C)(O)c1cc2nn(C3CCC(N4CCN(C5CC(c6ccc(N[C@@H]7CCC(=O)NC7=O)cc6)C5)CC4)CC3)cc2cc1NC(=O)c1ccc2cc(C#N)cnn12. The van der Waals surface area contributed by atoms with Crippen molar-refractivity contribution in [3.8, 4) is 6.07 Å². The first kappa shape index (κ1) is 37.9. The molecule has 9 rings (SSSR count). The van der Waals surface area contributed by atoms with Gasteiger partial charge in [0.1, 0.15) is 17.8 Å². The Morgan fingerprint density at radius 1 is 0.914 bits per heavy atom. The quantitative estimate of drug-likeness (QED) is 0.144. The van der Waals surface area contributed by atoms with E-state index in [-0.39, 0.29) is 23.8 Å². The fourth-order valence-corrected chi connectivity index (χ4v) is 9.50. The van der Waals surface area contributed by atoms with Gasteiger partial charge in [0, 0.05) is 73.2 Å². The van der Waals surface area contributed by atoms with Gasteiger partial charge in [0.05, 0.1) is 34.4 Å². The first-order chi connectivity index (χ1) is 28.0. The Kier molecular flexibility index (Phi) is 9.99. The summed E-state index contributed by atoms with van der Waals surface area (Å²) in [5.74, 6) is -0.246. The van der Waals surface area contributed by atoms with Crippen LogP contribution in [0.3, 0.4) is 0 Å². The summed E-state index contributed by atoms with van der Waals surface area (Å²) in [6.45, 7) is 7.84. The van der Waals surface area contributed by atoms with Crippen LogP contribution in [-0.2, 0) is 15.2 Å². The number of rotatable bonds is 9. The fourth-order valence-electron chi connectivity index (χ4n) is 9.50. The van der Waals surface area contributed by atoms with Gasteiger partial charge in [-0.05, 0) is 113 Å². The number of amides is 3. The number of fused-ring (bicyclic) bond motifs is 2. The zero-order valence-electron chi connectivity index (χ0n) is 33.0. The van der Waals surface area contributed by atoms with Crippen LogP contribution in [0.2, 0.25) is 0 Å². The summed E-state index contributed by atoms with van der Waals surface area (Å²) in [7, 11) is 0. The largest absolute Gasteiger partial charge is 0.386 e. The molecule has 2 aliphatic heterocycles. The van der Waals surface area contributed by atoms with Crippen LogP contribution < -0.4 is 16.0 Å². The number of carbonyl (C=O) groups is 3. The van der Waals surface area contributed by atoms with Crippen LogP contribution in [0.25, 0.3) is 16.4 Å². The third-order valence-corrected chi connectivity index (χ3v) is 12.9. The van der Waals surface area contributed by atoms with E-state index in [2.05, 4.69) is 72.1 Å². The van der Waals surface area contributed by atoms with E-state index < -0.39 is 5.60 Å². The predicted molar refractivity (Wildman–Crippen MR) is 219 cm³/mol. The number of carbonyl (C=O) groups excluding carboxylic acids is 3. The van der Waals surface area contributed by atoms with Crippen molar-refractivity contribution in [1.29, 1.82) is 5.26 Å². The lowest BCUT2D eigenvalue weighted by molar-refractivity contribution is -0.133. The second-order valence-electron chi connectivity index (χ2n) is 17.1. The van der Waals surface area contributed by atoms with E-state index in [9.17, 15) is 24.8 Å². The molecule has 4 N–H and O–H groups in total. The van der Waals surface area contributed by atoms with Crippen molar-refractivity contribution < 1.29 is 19.5 Å². The van der Waals surface area contributed by atoms with Crippen LogP contribution >= 0.6 is 0 Å². The normalized spacial score (nSPS) is 24.6. The molecule has 0 radical (unpaired) electrons. The van der Waals surface area contributed by atoms with Gasteiger partial charge in [0.2, 0.25) is 11.8 Å². The van der Waals surface area contributed by atoms with Crippen molar-refractivity contribution in [3.05, 3.63) is 89.4 Å². The third-order valence-electron chi connectivity index (χ3n) is 12.9. The predicted octanol–water partition coefficient (Wildman–Crippen LogP) is 5.30. The number of piperidine rings is 1. The Labute approximate surface area is 337 Å². The van der Waals surface area contributed by atoms with Crippen molar-refractivity contribution in [1.82, 2.24) is 34.5 Å². The molecule has 0 unspecified atom stereocenters. The van der Waals surface area contributed by atoms with Gasteiger partial charge in [-0.25, -0.2) is 4.52 Å². The van der Waals surface area contributed by atoms with Crippen LogP contribution in [0.15, 0.2) is 67.0 Å². The molecule has 5 aromatic rings. The highest BCUT2D eigenvalue weighted by molar-refractivity contribution is 6.05. The summed E-state index contributed by atoms with van der Waals surface area (Å²) >= 11 is 0. The second kappa shape index (κ2) is 15.3. The molecule has 14 heteroatoms. The molecule has 4 fully saturated rings. The standard InChI is InChI=1S/C44H50N10O4/c1-44(2,58)36-23-38-30(22-39(36)48-43(57)40-13-11-34-19-27(24-45)25-46-54(34)40)26-53(50-38)33-9-7-32(8-10-33)51-15-17-52(18-16-51)35-20-29(21-35)28-3-5-31(6-4-28)47-37-12-14-41(55)49-42(37)56/h3-6,11,13,19,22-23,25-26,29,32-33,35,37,47,58H,7-10,12,14-18,20-21H2,1-2H3,(H,48,57)(H,49,55,56)/t29?,32?,33?,35?,37-/m1/s1. The highest BCUT2D eigenvalue weighted by Gasteiger charge is 2.37. The Morgan fingerprint density at radius 3 is 2.31 bits per heavy atom. The highest BCUT2D eigenvalue weighted by atomic mass is 16.3. The number of hydrogen-bond donors (Lipinski definition) is 4. The lowest BCUT2D eigenvalue weighted by Crippen LogP contribution is -2.56. The topological polar surface area (TPSA) is 173 Å². The van der Waals surface area contributed by atoms with E-state index in [0.29, 0.717) is 64.9 Å². The molecule has 4 aliphatic rings. The first-order valence-electron chi connectivity index (χ1n) is 20.6. The van der Waals surface area contributed by atoms with E-state index in [1.807, 2.05) is 12.1 Å². The number of aliphatic hydroxyl groups is 1. The Balaban J connectivity index is 0.766. The molecular formula is C44H50N10O4. The molecular weight excluding hydrogens is 733 g/mol. The minimum atomic E-state index is -1.23. The molecule has 2 aromatic carbocycles. The second-order valence-corrected chi connectivity index (χ2v) is 17.1. The summed E-state index contributed by atoms with van der Waals surface area (Å²) < 4.78 is 3.60. The maximum absolute atomic E-state index is 13.5. The summed E-state index contributed by atoms with van der Waals surface area (Å²) in [5.41, 5.74) is 4.31. The number of anilines is 2. The van der Waals surface area contributed by atoms with E-state index in [4.69, 9.17) is 5.10 Å². The van der Waals surface area contributed by atoms with Crippen molar-refractivity contribution in [2.45, 2.75) is 101 Å². The minimum absolute atomic E-state index is 0.200. The number of aromatic nitrogens is 4. The molecule has 1 atom stereocenters. The zero-order chi connectivity index (χ0) is 40.1. The van der Waals surface area contributed by atoms with Gasteiger partial charge in [0.25, 0.3) is 5.91 Å². The van der Waals surface area contributed by atoms with Gasteiger partial charge in [0.15, 0.2) is 0 Å². The minimum Gasteiger partial charge on any atom is -0.386 e. The molecule has 58 heavy (non-hydrogen) atoms. The van der Waals surface area contributed by atoms with Crippen molar-refractivity contribution in [2.75, 3.05) is 36.8 Å². The lowest BCUT2D eigenvalue weighted by atomic mass is 9.75. The van der Waals surface area contributed by atoms with Gasteiger partial charge in [-0.2, -0.15) is 15.5 Å². The molecule has 3 aromatic heterocycles. The average Bonchev–Trinajstić information content (AvgIpc) is 3.83. The maximum atomic E-state index is 13.5. The van der Waals surface area contributed by atoms with Crippen LogP contribution in [0.5, 0.6) is 0 Å². The van der Waals surface area contributed by atoms with E-state index in [1.54, 1.807) is 32.0 Å². The Hall–Kier alpha value is -5.62. The smallest absolute Gasteiger partial charge is 0.274 e. The maximum Gasteiger partial charge on any atom is 0.274 e. The van der Waals surface area contributed by atoms with Crippen LogP contribution in [0.1, 0.15) is 104 Å². The number of nitrogens with one attached hydrogen (secondary N) is 3. The zero-order valence-corrected chi connectivity index (χ0v) is 33.0. The van der Waals surface area contributed by atoms with E-state index >= 15 is 0 Å². The highest BCUT2D eigenvalue weighted by Crippen LogP contribution is 2.41. The number of hydrogen-bond acceptors (Lipinski definition) is 10. The summed E-state index contributed by atoms with van der Waals surface area (Å²) in [6.07, 6.45) is 11.1. The Bertz CT molecular complexity index is 2400. The van der Waals surface area contributed by atoms with Gasteiger partial charge >= 0.3 is 0 Å². The van der Waals surface area contributed by atoms with Gasteiger partial charge in [-0.1, -0.05) is 12.1 Å². The molecule has 5 heterocycles. The van der Waals surface area contributed by atoms with Crippen LogP contribution in [0, 0.1) is 11.3 Å². The van der Waals surface area contributed by atoms with Crippen molar-refractivity contribution in [3.63, 3.8) is 0 Å². The van der Waals surface area contributed by atoms with Crippen LogP contribution in [0.4, 0.5) is 11.4 Å².